The van der Waals surface area contributed by atoms with Crippen LogP contribution in [-0.4, -0.2) is 22.9 Å². The van der Waals surface area contributed by atoms with E-state index in [1.165, 1.54) is 27.4 Å². The van der Waals surface area contributed by atoms with Crippen molar-refractivity contribution in [3.8, 4) is 5.69 Å². The highest BCUT2D eigenvalue weighted by Gasteiger charge is 2.52. The molecule has 4 heteroatoms. The van der Waals surface area contributed by atoms with Crippen LogP contribution >= 0.6 is 0 Å². The Hall–Kier alpha value is -2.56. The summed E-state index contributed by atoms with van der Waals surface area (Å²) in [5.74, 6) is 0. The molecule has 0 unspecified atom stereocenters. The molecule has 3 nitrogen and oxygen atoms in total. The lowest BCUT2D eigenvalue weighted by Gasteiger charge is -2.32. The largest absolute Gasteiger partial charge is 0.495 e. The Morgan fingerprint density at radius 1 is 0.724 bits per heavy atom. The first kappa shape index (κ1) is 18.5. The molecule has 0 amide bonds. The fourth-order valence-corrected chi connectivity index (χ4v) is 4.19. The highest BCUT2D eigenvalue weighted by Crippen LogP contribution is 2.37. The molecular weight excluding hydrogens is 357 g/mol. The maximum Gasteiger partial charge on any atom is 0.495 e. The second-order valence-electron chi connectivity index (χ2n) is 9.00. The van der Waals surface area contributed by atoms with Crippen molar-refractivity contribution < 1.29 is 9.31 Å². The molecule has 1 aliphatic rings. The van der Waals surface area contributed by atoms with Gasteiger partial charge in [-0.15, -0.1) is 0 Å². The van der Waals surface area contributed by atoms with E-state index in [-0.39, 0.29) is 18.3 Å². The predicted molar refractivity (Wildman–Crippen MR) is 121 cm³/mol. The standard InChI is InChI=1S/C25H26BNO2/c1-17-14-15-18(16-21(17)26-28-24(2,3)25(4,5)29-26)27-22-12-8-6-10-19(22)20-11-7-9-13-23(20)27/h6-16H,1-5H3. The Balaban J connectivity index is 1.70. The van der Waals surface area contributed by atoms with E-state index in [4.69, 9.17) is 9.31 Å². The molecule has 29 heavy (non-hydrogen) atoms. The van der Waals surface area contributed by atoms with Gasteiger partial charge in [0.05, 0.1) is 22.2 Å². The van der Waals surface area contributed by atoms with Gasteiger partial charge in [0.2, 0.25) is 0 Å². The van der Waals surface area contributed by atoms with Gasteiger partial charge in [0.15, 0.2) is 0 Å². The predicted octanol–water partition coefficient (Wildman–Crippen LogP) is 5.39. The van der Waals surface area contributed by atoms with Crippen LogP contribution in [-0.2, 0) is 9.31 Å². The van der Waals surface area contributed by atoms with E-state index in [2.05, 4.69) is 106 Å². The summed E-state index contributed by atoms with van der Waals surface area (Å²) >= 11 is 0. The van der Waals surface area contributed by atoms with Crippen LogP contribution in [0.4, 0.5) is 0 Å². The summed E-state index contributed by atoms with van der Waals surface area (Å²) in [4.78, 5) is 0. The van der Waals surface area contributed by atoms with E-state index in [0.29, 0.717) is 0 Å². The molecule has 0 bridgehead atoms. The average molecular weight is 383 g/mol. The van der Waals surface area contributed by atoms with Crippen LogP contribution in [0.3, 0.4) is 0 Å². The molecule has 1 saturated heterocycles. The zero-order chi connectivity index (χ0) is 20.4. The molecular formula is C25H26BNO2. The van der Waals surface area contributed by atoms with Gasteiger partial charge in [-0.2, -0.15) is 0 Å². The number of rotatable bonds is 2. The van der Waals surface area contributed by atoms with E-state index < -0.39 is 0 Å². The van der Waals surface area contributed by atoms with Gasteiger partial charge in [-0.1, -0.05) is 48.0 Å². The van der Waals surface area contributed by atoms with Gasteiger partial charge in [0.25, 0.3) is 0 Å². The van der Waals surface area contributed by atoms with Gasteiger partial charge < -0.3 is 13.9 Å². The van der Waals surface area contributed by atoms with Crippen LogP contribution in [0.5, 0.6) is 0 Å². The van der Waals surface area contributed by atoms with E-state index in [1.54, 1.807) is 0 Å². The van der Waals surface area contributed by atoms with Crippen molar-refractivity contribution in [2.75, 3.05) is 0 Å². The number of aryl methyl sites for hydroxylation is 1. The SMILES string of the molecule is Cc1ccc(-n2c3ccccc3c3ccccc32)cc1B1OC(C)(C)C(C)(C)O1. The Bertz CT molecular complexity index is 1170. The van der Waals surface area contributed by atoms with E-state index in [9.17, 15) is 0 Å². The van der Waals surface area contributed by atoms with Gasteiger partial charge in [0.1, 0.15) is 0 Å². The first-order valence-electron chi connectivity index (χ1n) is 10.2. The highest BCUT2D eigenvalue weighted by molar-refractivity contribution is 6.62. The van der Waals surface area contributed by atoms with E-state index in [0.717, 1.165) is 11.2 Å². The van der Waals surface area contributed by atoms with Gasteiger partial charge >= 0.3 is 7.12 Å². The van der Waals surface area contributed by atoms with Gasteiger partial charge in [-0.25, -0.2) is 0 Å². The Kier molecular flexibility index (Phi) is 3.96. The maximum absolute atomic E-state index is 6.35. The molecule has 1 fully saturated rings. The van der Waals surface area contributed by atoms with Crippen molar-refractivity contribution in [2.24, 2.45) is 0 Å². The fourth-order valence-electron chi connectivity index (χ4n) is 4.19. The Morgan fingerprint density at radius 2 is 1.24 bits per heavy atom. The maximum atomic E-state index is 6.35. The third kappa shape index (κ3) is 2.74. The second-order valence-corrected chi connectivity index (χ2v) is 9.00. The molecule has 2 heterocycles. The summed E-state index contributed by atoms with van der Waals surface area (Å²) in [6.45, 7) is 10.5. The van der Waals surface area contributed by atoms with E-state index >= 15 is 0 Å². The molecule has 0 saturated carbocycles. The molecule has 146 valence electrons. The first-order valence-corrected chi connectivity index (χ1v) is 10.2. The number of fused-ring (bicyclic) bond motifs is 3. The van der Waals surface area contributed by atoms with E-state index in [1.807, 2.05) is 0 Å². The average Bonchev–Trinajstić information content (AvgIpc) is 3.13. The molecule has 3 aromatic carbocycles. The van der Waals surface area contributed by atoms with Crippen molar-refractivity contribution in [1.82, 2.24) is 4.57 Å². The van der Waals surface area contributed by atoms with Crippen LogP contribution in [0.25, 0.3) is 27.5 Å². The Labute approximate surface area is 172 Å². The van der Waals surface area contributed by atoms with Gasteiger partial charge in [-0.3, -0.25) is 0 Å². The van der Waals surface area contributed by atoms with Crippen LogP contribution < -0.4 is 5.46 Å². The van der Waals surface area contributed by atoms with Crippen LogP contribution in [0.1, 0.15) is 33.3 Å². The number of hydrogen-bond acceptors (Lipinski definition) is 2. The van der Waals surface area contributed by atoms with Crippen molar-refractivity contribution >= 4 is 34.4 Å². The van der Waals surface area contributed by atoms with Crippen molar-refractivity contribution in [3.63, 3.8) is 0 Å². The summed E-state index contributed by atoms with van der Waals surface area (Å²) in [6.07, 6.45) is 0. The van der Waals surface area contributed by atoms with Crippen molar-refractivity contribution in [3.05, 3.63) is 72.3 Å². The van der Waals surface area contributed by atoms with Gasteiger partial charge in [0, 0.05) is 16.5 Å². The number of nitrogens with zero attached hydrogens (tertiary/aromatic N) is 1. The summed E-state index contributed by atoms with van der Waals surface area (Å²) in [5, 5.41) is 2.53. The topological polar surface area (TPSA) is 23.4 Å². The minimum Gasteiger partial charge on any atom is -0.399 e. The summed E-state index contributed by atoms with van der Waals surface area (Å²) in [6, 6.07) is 23.7. The molecule has 0 aliphatic carbocycles. The molecule has 0 N–H and O–H groups in total. The second kappa shape index (κ2) is 6.22. The lowest BCUT2D eigenvalue weighted by molar-refractivity contribution is 0.00578. The molecule has 1 aromatic heterocycles. The van der Waals surface area contributed by atoms with Crippen LogP contribution in [0, 0.1) is 6.92 Å². The zero-order valence-electron chi connectivity index (χ0n) is 17.7. The minimum atomic E-state index is -0.368. The monoisotopic (exact) mass is 383 g/mol. The lowest BCUT2D eigenvalue weighted by atomic mass is 9.76. The summed E-state index contributed by atoms with van der Waals surface area (Å²) in [7, 11) is -0.368. The lowest BCUT2D eigenvalue weighted by Crippen LogP contribution is -2.41. The summed E-state index contributed by atoms with van der Waals surface area (Å²) in [5.41, 5.74) is 5.09. The van der Waals surface area contributed by atoms with Crippen molar-refractivity contribution in [1.29, 1.82) is 0 Å². The minimum absolute atomic E-state index is 0.354. The highest BCUT2D eigenvalue weighted by atomic mass is 16.7. The third-order valence-electron chi connectivity index (χ3n) is 6.61. The normalized spacial score (nSPS) is 18.0. The molecule has 4 aromatic rings. The first-order chi connectivity index (χ1) is 13.8. The number of aromatic nitrogens is 1. The van der Waals surface area contributed by atoms with Crippen LogP contribution in [0.2, 0.25) is 0 Å². The number of hydrogen-bond donors (Lipinski definition) is 0. The molecule has 0 spiro atoms. The summed E-state index contributed by atoms with van der Waals surface area (Å²) < 4.78 is 15.0. The van der Waals surface area contributed by atoms with Crippen LogP contribution in [0.15, 0.2) is 66.7 Å². The molecule has 5 rings (SSSR count). The Morgan fingerprint density at radius 3 is 1.79 bits per heavy atom. The molecule has 1 aliphatic heterocycles. The fraction of sp³-hybridized carbons (Fsp3) is 0.280. The quantitative estimate of drug-likeness (QED) is 0.433. The zero-order valence-corrected chi connectivity index (χ0v) is 17.7. The smallest absolute Gasteiger partial charge is 0.399 e. The van der Waals surface area contributed by atoms with Crippen molar-refractivity contribution in [2.45, 2.75) is 45.8 Å². The molecule has 0 atom stereocenters. The molecule has 0 radical (unpaired) electrons. The third-order valence-corrected chi connectivity index (χ3v) is 6.61. The van der Waals surface area contributed by atoms with Gasteiger partial charge in [-0.05, 0) is 64.3 Å². The number of para-hydroxylation sites is 2. The number of benzene rings is 3.